The molecule has 214 valence electrons. The Labute approximate surface area is 240 Å². The molecule has 41 heavy (non-hydrogen) atoms. The van der Waals surface area contributed by atoms with Crippen LogP contribution < -0.4 is 20.5 Å². The van der Waals surface area contributed by atoms with Crippen molar-refractivity contribution in [3.05, 3.63) is 71.5 Å². The number of ether oxygens (including phenoxy) is 2. The molecular formula is C31H37N7O3. The number of nitrogens with two attached hydrogens (primary N) is 1. The van der Waals surface area contributed by atoms with Crippen molar-refractivity contribution in [1.29, 1.82) is 0 Å². The number of nitrogen functional groups attached to an aromatic ring is 1. The van der Waals surface area contributed by atoms with Crippen LogP contribution in [0, 0.1) is 0 Å². The monoisotopic (exact) mass is 555 g/mol. The Balaban J connectivity index is 1.29. The fourth-order valence-corrected chi connectivity index (χ4v) is 5.24. The minimum atomic E-state index is -0.382. The maximum Gasteiger partial charge on any atom is 0.261 e. The second kappa shape index (κ2) is 12.0. The molecule has 0 bridgehead atoms. The lowest BCUT2D eigenvalue weighted by molar-refractivity contribution is 0.102. The van der Waals surface area contributed by atoms with Crippen molar-refractivity contribution in [3.63, 3.8) is 0 Å². The van der Waals surface area contributed by atoms with Crippen LogP contribution in [0.5, 0.6) is 11.5 Å². The molecule has 1 amide bonds. The van der Waals surface area contributed by atoms with Crippen LogP contribution >= 0.6 is 0 Å². The average Bonchev–Trinajstić information content (AvgIpc) is 3.36. The number of nitrogens with zero attached hydrogens (tertiary/aromatic N) is 5. The van der Waals surface area contributed by atoms with E-state index in [1.807, 2.05) is 36.5 Å². The fraction of sp³-hybridized carbons (Fsp3) is 0.355. The third kappa shape index (κ3) is 6.17. The van der Waals surface area contributed by atoms with Crippen LogP contribution in [-0.4, -0.2) is 62.9 Å². The lowest BCUT2D eigenvalue weighted by Crippen LogP contribution is -2.39. The van der Waals surface area contributed by atoms with Crippen LogP contribution in [0.4, 0.5) is 11.5 Å². The zero-order chi connectivity index (χ0) is 29.1. The number of fused-ring (bicyclic) bond motifs is 3. The predicted octanol–water partition coefficient (Wildman–Crippen LogP) is 4.77. The Kier molecular flexibility index (Phi) is 8.21. The molecule has 1 aliphatic carbocycles. The third-order valence-corrected chi connectivity index (χ3v) is 7.31. The second-order valence-corrected chi connectivity index (χ2v) is 10.7. The SMILES string of the molecule is COc1ccc2c(c1)CCc1cnc(-n3cc(C(=O)Nc4cccc(OCCN(C(C)C)C(C)C)c4)c(N)n3)nc1-2. The van der Waals surface area contributed by atoms with Crippen LogP contribution in [0.3, 0.4) is 0 Å². The van der Waals surface area contributed by atoms with E-state index in [1.165, 1.54) is 10.2 Å². The van der Waals surface area contributed by atoms with Crippen LogP contribution in [0.1, 0.15) is 49.2 Å². The number of methoxy groups -OCH3 is 1. The van der Waals surface area contributed by atoms with E-state index in [-0.39, 0.29) is 17.3 Å². The molecular weight excluding hydrogens is 518 g/mol. The standard InChI is InChI=1S/C31H37N7O3/c1-19(2)37(20(3)4)13-14-41-25-8-6-7-23(16-25)34-30(39)27-18-38(36-29(27)32)31-33-17-22-10-9-21-15-24(40-5)11-12-26(21)28(22)35-31/h6-8,11-12,15-20H,9-10,13-14H2,1-5H3,(H2,32,36)(H,34,39). The highest BCUT2D eigenvalue weighted by molar-refractivity contribution is 6.07. The highest BCUT2D eigenvalue weighted by Gasteiger charge is 2.22. The van der Waals surface area contributed by atoms with E-state index in [4.69, 9.17) is 20.2 Å². The van der Waals surface area contributed by atoms with E-state index in [9.17, 15) is 4.79 Å². The van der Waals surface area contributed by atoms with Crippen molar-refractivity contribution >= 4 is 17.4 Å². The maximum absolute atomic E-state index is 13.2. The van der Waals surface area contributed by atoms with Crippen LogP contribution in [0.2, 0.25) is 0 Å². The van der Waals surface area contributed by atoms with Gasteiger partial charge in [0.25, 0.3) is 11.9 Å². The Bertz CT molecular complexity index is 1540. The lowest BCUT2D eigenvalue weighted by Gasteiger charge is -2.30. The molecule has 2 aromatic carbocycles. The number of aromatic nitrogens is 4. The van der Waals surface area contributed by atoms with E-state index in [0.29, 0.717) is 36.1 Å². The number of nitrogens with one attached hydrogen (secondary N) is 1. The molecule has 4 aromatic rings. The molecule has 3 N–H and O–H groups in total. The van der Waals surface area contributed by atoms with E-state index >= 15 is 0 Å². The van der Waals surface area contributed by atoms with E-state index in [1.54, 1.807) is 25.4 Å². The summed E-state index contributed by atoms with van der Waals surface area (Å²) in [6, 6.07) is 14.2. The van der Waals surface area contributed by atoms with Crippen molar-refractivity contribution < 1.29 is 14.3 Å². The van der Waals surface area contributed by atoms with E-state index < -0.39 is 0 Å². The van der Waals surface area contributed by atoms with Gasteiger partial charge in [-0.25, -0.2) is 14.6 Å². The summed E-state index contributed by atoms with van der Waals surface area (Å²) in [5.74, 6) is 1.54. The van der Waals surface area contributed by atoms with Crippen LogP contribution in [0.25, 0.3) is 17.2 Å². The van der Waals surface area contributed by atoms with Crippen molar-refractivity contribution in [1.82, 2.24) is 24.6 Å². The van der Waals surface area contributed by atoms with Gasteiger partial charge in [0.1, 0.15) is 23.7 Å². The number of aryl methyl sites for hydroxylation is 2. The first kappa shape index (κ1) is 28.1. The third-order valence-electron chi connectivity index (χ3n) is 7.31. The van der Waals surface area contributed by atoms with E-state index in [2.05, 4.69) is 48.0 Å². The normalized spacial score (nSPS) is 12.4. The largest absolute Gasteiger partial charge is 0.497 e. The van der Waals surface area contributed by atoms with E-state index in [0.717, 1.165) is 42.0 Å². The minimum Gasteiger partial charge on any atom is -0.497 e. The molecule has 0 saturated heterocycles. The Morgan fingerprint density at radius 2 is 1.85 bits per heavy atom. The molecule has 10 heteroatoms. The lowest BCUT2D eigenvalue weighted by atomic mass is 9.90. The van der Waals surface area contributed by atoms with Gasteiger partial charge in [0.15, 0.2) is 5.82 Å². The summed E-state index contributed by atoms with van der Waals surface area (Å²) in [6.07, 6.45) is 5.09. The number of amides is 1. The zero-order valence-electron chi connectivity index (χ0n) is 24.2. The quantitative estimate of drug-likeness (QED) is 0.287. The van der Waals surface area contributed by atoms with Gasteiger partial charge >= 0.3 is 0 Å². The second-order valence-electron chi connectivity index (χ2n) is 10.7. The van der Waals surface area contributed by atoms with Gasteiger partial charge in [0.2, 0.25) is 0 Å². The number of carbonyl (C=O) groups excluding carboxylic acids is 1. The van der Waals surface area contributed by atoms with Crippen molar-refractivity contribution in [2.45, 2.75) is 52.6 Å². The molecule has 10 nitrogen and oxygen atoms in total. The molecule has 0 aliphatic heterocycles. The van der Waals surface area contributed by atoms with Gasteiger partial charge in [-0.15, -0.1) is 5.10 Å². The highest BCUT2D eigenvalue weighted by Crippen LogP contribution is 2.34. The molecule has 2 aromatic heterocycles. The molecule has 0 fully saturated rings. The first-order chi connectivity index (χ1) is 19.7. The Morgan fingerprint density at radius 3 is 2.61 bits per heavy atom. The zero-order valence-corrected chi connectivity index (χ0v) is 24.2. The number of hydrogen-bond acceptors (Lipinski definition) is 8. The average molecular weight is 556 g/mol. The summed E-state index contributed by atoms with van der Waals surface area (Å²) in [4.78, 5) is 24.8. The van der Waals surface area contributed by atoms with Crippen LogP contribution in [-0.2, 0) is 12.8 Å². The van der Waals surface area contributed by atoms with Gasteiger partial charge in [-0.3, -0.25) is 9.69 Å². The first-order valence-electron chi connectivity index (χ1n) is 13.9. The molecule has 0 unspecified atom stereocenters. The smallest absolute Gasteiger partial charge is 0.261 e. The first-order valence-corrected chi connectivity index (χ1v) is 13.9. The van der Waals surface area contributed by atoms with Gasteiger partial charge in [0.05, 0.1) is 12.8 Å². The summed E-state index contributed by atoms with van der Waals surface area (Å²) >= 11 is 0. The Morgan fingerprint density at radius 1 is 1.07 bits per heavy atom. The van der Waals surface area contributed by atoms with Gasteiger partial charge in [-0.05, 0) is 82.0 Å². The van der Waals surface area contributed by atoms with Crippen molar-refractivity contribution in [3.8, 4) is 28.7 Å². The molecule has 0 spiro atoms. The Hall–Kier alpha value is -4.44. The van der Waals surface area contributed by atoms with Gasteiger partial charge in [0, 0.05) is 48.3 Å². The fourth-order valence-electron chi connectivity index (χ4n) is 5.24. The highest BCUT2D eigenvalue weighted by atomic mass is 16.5. The van der Waals surface area contributed by atoms with Gasteiger partial charge in [-0.2, -0.15) is 0 Å². The molecule has 5 rings (SSSR count). The number of carbonyl (C=O) groups is 1. The number of rotatable bonds is 10. The van der Waals surface area contributed by atoms with Crippen LogP contribution in [0.15, 0.2) is 54.9 Å². The van der Waals surface area contributed by atoms with Crippen molar-refractivity contribution in [2.24, 2.45) is 0 Å². The molecule has 0 radical (unpaired) electrons. The number of anilines is 2. The maximum atomic E-state index is 13.2. The molecule has 2 heterocycles. The minimum absolute atomic E-state index is 0.0869. The topological polar surface area (TPSA) is 120 Å². The number of benzene rings is 2. The summed E-state index contributed by atoms with van der Waals surface area (Å²) in [7, 11) is 1.66. The predicted molar refractivity (Wildman–Crippen MR) is 160 cm³/mol. The summed E-state index contributed by atoms with van der Waals surface area (Å²) in [6.45, 7) is 10.1. The molecule has 1 aliphatic rings. The summed E-state index contributed by atoms with van der Waals surface area (Å²) in [5.41, 5.74) is 11.1. The number of hydrogen-bond donors (Lipinski definition) is 2. The van der Waals surface area contributed by atoms with Gasteiger partial charge < -0.3 is 20.5 Å². The molecule has 0 saturated carbocycles. The summed E-state index contributed by atoms with van der Waals surface area (Å²) in [5, 5.41) is 7.24. The summed E-state index contributed by atoms with van der Waals surface area (Å²) < 4.78 is 12.8. The van der Waals surface area contributed by atoms with Gasteiger partial charge in [-0.1, -0.05) is 6.07 Å². The molecule has 0 atom stereocenters. The van der Waals surface area contributed by atoms with Crippen molar-refractivity contribution in [2.75, 3.05) is 31.3 Å².